The minimum atomic E-state index is -0.680. The van der Waals surface area contributed by atoms with Crippen molar-refractivity contribution in [3.05, 3.63) is 24.3 Å². The Kier molecular flexibility index (Phi) is 61.4. The molecule has 0 rings (SSSR count). The highest BCUT2D eigenvalue weighted by Gasteiger charge is 2.20. The monoisotopic (exact) mass is 1030 g/mol. The Morgan fingerprint density at radius 3 is 1.01 bits per heavy atom. The summed E-state index contributed by atoms with van der Waals surface area (Å²) in [6, 6.07) is -0.559. The largest absolute Gasteiger partial charge is 0.466 e. The molecule has 0 aliphatic heterocycles. The molecule has 432 valence electrons. The lowest BCUT2D eigenvalue weighted by atomic mass is 10.0. The fourth-order valence-corrected chi connectivity index (χ4v) is 10.5. The molecular formula is C67H129NO5. The predicted octanol–water partition coefficient (Wildman–Crippen LogP) is 21.0. The lowest BCUT2D eigenvalue weighted by Crippen LogP contribution is -2.45. The van der Waals surface area contributed by atoms with E-state index in [4.69, 9.17) is 4.74 Å². The van der Waals surface area contributed by atoms with Crippen LogP contribution in [-0.4, -0.2) is 47.4 Å². The summed E-state index contributed by atoms with van der Waals surface area (Å²) in [5, 5.41) is 23.4. The van der Waals surface area contributed by atoms with Gasteiger partial charge in [0.1, 0.15) is 0 Å². The summed E-state index contributed by atoms with van der Waals surface area (Å²) in [6.07, 6.45) is 77.7. The van der Waals surface area contributed by atoms with Gasteiger partial charge in [-0.3, -0.25) is 9.59 Å². The second kappa shape index (κ2) is 62.9. The Morgan fingerprint density at radius 2 is 0.671 bits per heavy atom. The molecule has 1 amide bonds. The molecule has 0 aliphatic carbocycles. The molecule has 2 atom stereocenters. The number of hydrogen-bond acceptors (Lipinski definition) is 5. The maximum atomic E-state index is 12.5. The summed E-state index contributed by atoms with van der Waals surface area (Å²) in [6.45, 7) is 4.94. The molecule has 0 aromatic rings. The number of rotatable bonds is 62. The van der Waals surface area contributed by atoms with Gasteiger partial charge < -0.3 is 20.3 Å². The van der Waals surface area contributed by atoms with Gasteiger partial charge in [-0.25, -0.2) is 0 Å². The van der Waals surface area contributed by atoms with E-state index in [1.165, 1.54) is 257 Å². The third kappa shape index (κ3) is 59.4. The first-order valence-electron chi connectivity index (χ1n) is 33.1. The first kappa shape index (κ1) is 71.3. The number of aliphatic hydroxyl groups excluding tert-OH is 2. The average molecular weight is 1030 g/mol. The van der Waals surface area contributed by atoms with Crippen molar-refractivity contribution in [1.82, 2.24) is 5.32 Å². The van der Waals surface area contributed by atoms with Crippen LogP contribution in [0, 0.1) is 0 Å². The molecule has 2 unspecified atom stereocenters. The quantitative estimate of drug-likeness (QED) is 0.0320. The number of ether oxygens (including phenoxy) is 1. The number of unbranched alkanes of at least 4 members (excludes halogenated alkanes) is 48. The molecule has 0 aromatic heterocycles. The van der Waals surface area contributed by atoms with Gasteiger partial charge in [0, 0.05) is 12.8 Å². The van der Waals surface area contributed by atoms with Crippen LogP contribution in [0.5, 0.6) is 0 Å². The molecule has 73 heavy (non-hydrogen) atoms. The molecule has 3 N–H and O–H groups in total. The van der Waals surface area contributed by atoms with Crippen LogP contribution in [0.25, 0.3) is 0 Å². The highest BCUT2D eigenvalue weighted by Crippen LogP contribution is 2.18. The Labute approximate surface area is 456 Å². The van der Waals surface area contributed by atoms with E-state index < -0.39 is 12.1 Å². The molecule has 0 heterocycles. The molecular weight excluding hydrogens is 899 g/mol. The molecule has 0 spiro atoms. The Hall–Kier alpha value is -1.66. The molecule has 0 saturated carbocycles. The zero-order chi connectivity index (χ0) is 52.9. The number of nitrogens with one attached hydrogen (secondary N) is 1. The van der Waals surface area contributed by atoms with E-state index in [2.05, 4.69) is 43.5 Å². The first-order valence-corrected chi connectivity index (χ1v) is 33.1. The highest BCUT2D eigenvalue weighted by atomic mass is 16.5. The fraction of sp³-hybridized carbons (Fsp3) is 0.910. The topological polar surface area (TPSA) is 95.9 Å². The van der Waals surface area contributed by atoms with E-state index in [-0.39, 0.29) is 18.5 Å². The van der Waals surface area contributed by atoms with Crippen LogP contribution >= 0.6 is 0 Å². The van der Waals surface area contributed by atoms with Gasteiger partial charge in [0.15, 0.2) is 0 Å². The Morgan fingerprint density at radius 1 is 0.384 bits per heavy atom. The molecule has 0 saturated heterocycles. The second-order valence-electron chi connectivity index (χ2n) is 22.8. The van der Waals surface area contributed by atoms with Gasteiger partial charge in [0.2, 0.25) is 5.91 Å². The summed E-state index contributed by atoms with van der Waals surface area (Å²) < 4.78 is 5.47. The summed E-state index contributed by atoms with van der Waals surface area (Å²) in [7, 11) is 0. The normalized spacial score (nSPS) is 12.7. The SMILES string of the molecule is CCCCCCCCCCCCCCCCCCCCCCCCC(O)C(CO)NC(=O)CCCCCCCC/C=C\C=C/CCCCCOC(=O)CCCCCCCCCCCCCCCCCCCCC. The van der Waals surface area contributed by atoms with E-state index >= 15 is 0 Å². The van der Waals surface area contributed by atoms with Crippen molar-refractivity contribution in [3.8, 4) is 0 Å². The van der Waals surface area contributed by atoms with Gasteiger partial charge in [-0.2, -0.15) is 0 Å². The summed E-state index contributed by atoms with van der Waals surface area (Å²) in [5.74, 6) is -0.0692. The van der Waals surface area contributed by atoms with Gasteiger partial charge in [-0.05, 0) is 57.8 Å². The van der Waals surface area contributed by atoms with Crippen molar-refractivity contribution >= 4 is 11.9 Å². The number of carbonyl (C=O) groups excluding carboxylic acids is 2. The van der Waals surface area contributed by atoms with Gasteiger partial charge >= 0.3 is 5.97 Å². The van der Waals surface area contributed by atoms with Gasteiger partial charge in [-0.15, -0.1) is 0 Å². The molecule has 6 heteroatoms. The van der Waals surface area contributed by atoms with Crippen LogP contribution in [0.3, 0.4) is 0 Å². The minimum Gasteiger partial charge on any atom is -0.466 e. The van der Waals surface area contributed by atoms with Crippen LogP contribution in [-0.2, 0) is 14.3 Å². The van der Waals surface area contributed by atoms with Crippen molar-refractivity contribution in [2.75, 3.05) is 13.2 Å². The van der Waals surface area contributed by atoms with Crippen molar-refractivity contribution in [2.24, 2.45) is 0 Å². The van der Waals surface area contributed by atoms with E-state index in [0.29, 0.717) is 25.9 Å². The predicted molar refractivity (Wildman–Crippen MR) is 320 cm³/mol. The Balaban J connectivity index is 3.47. The number of hydrogen-bond donors (Lipinski definition) is 3. The Bertz CT molecular complexity index is 1140. The molecule has 0 bridgehead atoms. The van der Waals surface area contributed by atoms with E-state index in [1.807, 2.05) is 0 Å². The maximum absolute atomic E-state index is 12.5. The fourth-order valence-electron chi connectivity index (χ4n) is 10.5. The molecule has 0 aliphatic rings. The van der Waals surface area contributed by atoms with E-state index in [1.54, 1.807) is 0 Å². The van der Waals surface area contributed by atoms with Crippen molar-refractivity contribution in [3.63, 3.8) is 0 Å². The second-order valence-corrected chi connectivity index (χ2v) is 22.8. The maximum Gasteiger partial charge on any atom is 0.305 e. The number of amides is 1. The van der Waals surface area contributed by atoms with Crippen molar-refractivity contribution in [2.45, 2.75) is 379 Å². The zero-order valence-corrected chi connectivity index (χ0v) is 49.4. The smallest absolute Gasteiger partial charge is 0.305 e. The number of allylic oxidation sites excluding steroid dienone is 4. The molecule has 0 aromatic carbocycles. The summed E-state index contributed by atoms with van der Waals surface area (Å²) >= 11 is 0. The van der Waals surface area contributed by atoms with Crippen LogP contribution in [0.1, 0.15) is 367 Å². The van der Waals surface area contributed by atoms with Gasteiger partial charge in [0.25, 0.3) is 0 Å². The van der Waals surface area contributed by atoms with E-state index in [0.717, 1.165) is 77.0 Å². The van der Waals surface area contributed by atoms with Crippen LogP contribution in [0.4, 0.5) is 0 Å². The minimum absolute atomic E-state index is 0.0158. The summed E-state index contributed by atoms with van der Waals surface area (Å²) in [4.78, 5) is 24.6. The first-order chi connectivity index (χ1) is 36.0. The van der Waals surface area contributed by atoms with Crippen LogP contribution in [0.2, 0.25) is 0 Å². The third-order valence-corrected chi connectivity index (χ3v) is 15.5. The van der Waals surface area contributed by atoms with Gasteiger partial charge in [-0.1, -0.05) is 321 Å². The number of aliphatic hydroxyl groups is 2. The van der Waals surface area contributed by atoms with Crippen molar-refractivity contribution < 1.29 is 24.5 Å². The highest BCUT2D eigenvalue weighted by molar-refractivity contribution is 5.76. The average Bonchev–Trinajstić information content (AvgIpc) is 3.39. The van der Waals surface area contributed by atoms with E-state index in [9.17, 15) is 19.8 Å². The number of carbonyl (C=O) groups is 2. The van der Waals surface area contributed by atoms with Crippen LogP contribution < -0.4 is 5.32 Å². The molecule has 0 radical (unpaired) electrons. The molecule has 6 nitrogen and oxygen atoms in total. The number of esters is 1. The zero-order valence-electron chi connectivity index (χ0n) is 49.4. The summed E-state index contributed by atoms with van der Waals surface area (Å²) in [5.41, 5.74) is 0. The lowest BCUT2D eigenvalue weighted by molar-refractivity contribution is -0.143. The van der Waals surface area contributed by atoms with Gasteiger partial charge in [0.05, 0.1) is 25.4 Å². The van der Waals surface area contributed by atoms with Crippen molar-refractivity contribution in [1.29, 1.82) is 0 Å². The third-order valence-electron chi connectivity index (χ3n) is 15.5. The molecule has 0 fully saturated rings. The standard InChI is InChI=1S/C67H129NO5/c1-3-5-7-9-11-13-15-17-19-21-23-24-25-27-28-31-35-39-43-47-51-55-59-65(70)64(63-69)68-66(71)60-56-52-48-44-40-36-32-30-34-38-42-46-50-54-58-62-73-67(72)61-57-53-49-45-41-37-33-29-26-22-20-18-16-14-12-10-8-6-4-2/h30,34,38,42,64-65,69-70H,3-29,31-33,35-37,39-41,43-63H2,1-2H3,(H,68,71)/b34-30-,42-38-. The van der Waals surface area contributed by atoms with Crippen LogP contribution in [0.15, 0.2) is 24.3 Å². The lowest BCUT2D eigenvalue weighted by Gasteiger charge is -2.22.